The number of imide groups is 1. The van der Waals surface area contributed by atoms with Gasteiger partial charge in [-0.15, -0.1) is 0 Å². The van der Waals surface area contributed by atoms with Crippen LogP contribution < -0.4 is 10.2 Å². The zero-order chi connectivity index (χ0) is 22.4. The first-order chi connectivity index (χ1) is 14.6. The van der Waals surface area contributed by atoms with Gasteiger partial charge in [-0.05, 0) is 66.6 Å². The molecule has 4 amide bonds. The third kappa shape index (κ3) is 4.22. The Bertz CT molecular complexity index is 1050. The highest BCUT2D eigenvalue weighted by Crippen LogP contribution is 2.50. The number of carbonyl (C=O) groups is 3. The number of nitrogens with one attached hydrogen (secondary N) is 1. The minimum Gasteiger partial charge on any atom is -0.311 e. The van der Waals surface area contributed by atoms with Crippen LogP contribution in [0.1, 0.15) is 25.3 Å². The van der Waals surface area contributed by atoms with Gasteiger partial charge in [0.2, 0.25) is 5.91 Å². The van der Waals surface area contributed by atoms with Crippen molar-refractivity contribution in [2.45, 2.75) is 42.3 Å². The summed E-state index contributed by atoms with van der Waals surface area (Å²) in [6.45, 7) is 1.49. The van der Waals surface area contributed by atoms with E-state index in [1.807, 2.05) is 0 Å². The summed E-state index contributed by atoms with van der Waals surface area (Å²) in [6, 6.07) is 7.93. The van der Waals surface area contributed by atoms with Crippen LogP contribution in [-0.4, -0.2) is 38.8 Å². The number of thioether (sulfide) groups is 1. The van der Waals surface area contributed by atoms with Crippen LogP contribution in [0.25, 0.3) is 0 Å². The van der Waals surface area contributed by atoms with Crippen molar-refractivity contribution in [3.05, 3.63) is 48.2 Å². The van der Waals surface area contributed by atoms with Gasteiger partial charge in [0.1, 0.15) is 11.4 Å². The lowest BCUT2D eigenvalue weighted by molar-refractivity contribution is -0.121. The number of hydrogen-bond donors (Lipinski definition) is 1. The Morgan fingerprint density at radius 1 is 1.19 bits per heavy atom. The van der Waals surface area contributed by atoms with Crippen molar-refractivity contribution in [2.75, 3.05) is 10.2 Å². The number of carbonyl (C=O) groups excluding carboxylic acids is 3. The average molecular weight is 450 g/mol. The van der Waals surface area contributed by atoms with E-state index in [1.54, 1.807) is 12.1 Å². The van der Waals surface area contributed by atoms with Crippen LogP contribution in [-0.2, 0) is 16.1 Å². The fraction of sp³-hybridized carbons (Fsp3) is 0.300. The predicted molar refractivity (Wildman–Crippen MR) is 107 cm³/mol. The molecule has 2 fully saturated rings. The van der Waals surface area contributed by atoms with Crippen molar-refractivity contribution in [2.24, 2.45) is 0 Å². The minimum atomic E-state index is -4.42. The first-order valence-electron chi connectivity index (χ1n) is 9.34. The summed E-state index contributed by atoms with van der Waals surface area (Å²) >= 11 is -0.261. The van der Waals surface area contributed by atoms with Gasteiger partial charge >= 0.3 is 11.5 Å². The highest BCUT2D eigenvalue weighted by molar-refractivity contribution is 8.00. The first kappa shape index (κ1) is 21.2. The molecule has 1 aromatic heterocycles. The molecule has 1 N–H and O–H groups in total. The largest absolute Gasteiger partial charge is 0.446 e. The van der Waals surface area contributed by atoms with Crippen LogP contribution >= 0.6 is 11.8 Å². The maximum atomic E-state index is 13.1. The Labute approximate surface area is 179 Å². The topological polar surface area (TPSA) is 82.6 Å². The number of nitrogens with zero attached hydrogens (tertiary/aromatic N) is 3. The number of rotatable bonds is 5. The van der Waals surface area contributed by atoms with Gasteiger partial charge in [0.05, 0.1) is 5.69 Å². The zero-order valence-electron chi connectivity index (χ0n) is 16.3. The van der Waals surface area contributed by atoms with E-state index in [4.69, 9.17) is 0 Å². The third-order valence-electron chi connectivity index (χ3n) is 5.06. The molecular weight excluding hydrogens is 433 g/mol. The number of anilines is 2. The molecule has 2 aliphatic rings. The van der Waals surface area contributed by atoms with Crippen LogP contribution in [0.15, 0.2) is 47.5 Å². The van der Waals surface area contributed by atoms with Gasteiger partial charge in [0.15, 0.2) is 0 Å². The zero-order valence-corrected chi connectivity index (χ0v) is 17.1. The Balaban J connectivity index is 1.56. The highest BCUT2D eigenvalue weighted by atomic mass is 32.2. The van der Waals surface area contributed by atoms with Crippen molar-refractivity contribution >= 4 is 41.1 Å². The molecule has 0 unspecified atom stereocenters. The minimum absolute atomic E-state index is 0.0318. The fourth-order valence-corrected chi connectivity index (χ4v) is 4.10. The lowest BCUT2D eigenvalue weighted by Crippen LogP contribution is -2.36. The molecular formula is C20H17F3N4O3S. The molecule has 1 aromatic carbocycles. The molecule has 7 nitrogen and oxygen atoms in total. The number of amides is 4. The van der Waals surface area contributed by atoms with E-state index in [-0.39, 0.29) is 40.7 Å². The van der Waals surface area contributed by atoms with E-state index in [0.717, 1.165) is 4.90 Å². The number of hydrogen-bond acceptors (Lipinski definition) is 5. The molecule has 2 aromatic rings. The molecule has 2 heterocycles. The van der Waals surface area contributed by atoms with Gasteiger partial charge in [-0.3, -0.25) is 9.59 Å². The van der Waals surface area contributed by atoms with Gasteiger partial charge in [-0.1, -0.05) is 0 Å². The molecule has 4 rings (SSSR count). The Hall–Kier alpha value is -3.08. The van der Waals surface area contributed by atoms with Gasteiger partial charge in [-0.25, -0.2) is 14.7 Å². The van der Waals surface area contributed by atoms with E-state index in [0.29, 0.717) is 24.2 Å². The Morgan fingerprint density at radius 3 is 2.45 bits per heavy atom. The van der Waals surface area contributed by atoms with Gasteiger partial charge < -0.3 is 10.2 Å². The summed E-state index contributed by atoms with van der Waals surface area (Å²) in [7, 11) is 0. The number of urea groups is 1. The number of alkyl halides is 3. The fourth-order valence-electron chi connectivity index (χ4n) is 3.56. The van der Waals surface area contributed by atoms with Crippen LogP contribution in [0.3, 0.4) is 0 Å². The smallest absolute Gasteiger partial charge is 0.311 e. The number of halogens is 3. The van der Waals surface area contributed by atoms with E-state index in [9.17, 15) is 27.6 Å². The first-order valence-corrected chi connectivity index (χ1v) is 10.2. The van der Waals surface area contributed by atoms with E-state index in [2.05, 4.69) is 10.3 Å². The monoisotopic (exact) mass is 450 g/mol. The van der Waals surface area contributed by atoms with Crippen molar-refractivity contribution in [3.8, 4) is 0 Å². The second-order valence-corrected chi connectivity index (χ2v) is 8.45. The summed E-state index contributed by atoms with van der Waals surface area (Å²) in [6.07, 6.45) is 2.52. The van der Waals surface area contributed by atoms with E-state index in [1.165, 1.54) is 42.3 Å². The lowest BCUT2D eigenvalue weighted by Gasteiger charge is -2.21. The summed E-state index contributed by atoms with van der Waals surface area (Å²) < 4.78 is 37.6. The number of pyridine rings is 1. The van der Waals surface area contributed by atoms with Gasteiger partial charge in [-0.2, -0.15) is 13.2 Å². The molecule has 1 aliphatic carbocycles. The summed E-state index contributed by atoms with van der Waals surface area (Å²) in [5, 5.41) is 2.57. The summed E-state index contributed by atoms with van der Waals surface area (Å²) in [4.78, 5) is 43.9. The van der Waals surface area contributed by atoms with Crippen LogP contribution in [0.5, 0.6) is 0 Å². The van der Waals surface area contributed by atoms with Crippen LogP contribution in [0, 0.1) is 0 Å². The average Bonchev–Trinajstić information content (AvgIpc) is 3.44. The van der Waals surface area contributed by atoms with Crippen molar-refractivity contribution < 1.29 is 27.6 Å². The molecule has 162 valence electrons. The normalized spacial score (nSPS) is 17.4. The summed E-state index contributed by atoms with van der Waals surface area (Å²) in [5.74, 6) is -0.332. The maximum absolute atomic E-state index is 13.1. The lowest BCUT2D eigenvalue weighted by atomic mass is 10.2. The molecule has 1 spiro atoms. The second-order valence-electron chi connectivity index (χ2n) is 7.31. The van der Waals surface area contributed by atoms with Crippen LogP contribution in [0.2, 0.25) is 0 Å². The van der Waals surface area contributed by atoms with E-state index >= 15 is 0 Å². The highest BCUT2D eigenvalue weighted by Gasteiger charge is 2.65. The van der Waals surface area contributed by atoms with E-state index < -0.39 is 17.1 Å². The molecule has 1 saturated heterocycles. The maximum Gasteiger partial charge on any atom is 0.446 e. The van der Waals surface area contributed by atoms with Gasteiger partial charge in [0, 0.05) is 24.6 Å². The second kappa shape index (κ2) is 7.56. The van der Waals surface area contributed by atoms with Crippen molar-refractivity contribution in [1.29, 1.82) is 0 Å². The van der Waals surface area contributed by atoms with Crippen LogP contribution in [0.4, 0.5) is 29.5 Å². The predicted octanol–water partition coefficient (Wildman–Crippen LogP) is 4.15. The van der Waals surface area contributed by atoms with Crippen molar-refractivity contribution in [3.63, 3.8) is 0 Å². The summed E-state index contributed by atoms with van der Waals surface area (Å²) in [5.41, 5.74) is -4.45. The molecule has 0 radical (unpaired) electrons. The molecule has 0 atom stereocenters. The Kier molecular flexibility index (Phi) is 5.16. The quantitative estimate of drug-likeness (QED) is 0.547. The standard InChI is InChI=1S/C20H17F3N4O3S/c1-12(28)25-16-10-13(6-9-24-16)11-26-18(30)27(17(29)19(26)7-8-19)14-2-4-15(5-3-14)31-20(21,22)23/h2-6,9-10H,7-8,11H2,1H3,(H,24,25,28). The molecule has 0 bridgehead atoms. The van der Waals surface area contributed by atoms with Crippen molar-refractivity contribution in [1.82, 2.24) is 9.88 Å². The van der Waals surface area contributed by atoms with Gasteiger partial charge in [0.25, 0.3) is 5.91 Å². The number of aromatic nitrogens is 1. The molecule has 1 aliphatic heterocycles. The Morgan fingerprint density at radius 2 is 1.87 bits per heavy atom. The SMILES string of the molecule is CC(=O)Nc1cc(CN2C(=O)N(c3ccc(SC(F)(F)F)cc3)C(=O)C23CC3)ccn1. The molecule has 11 heteroatoms. The molecule has 1 saturated carbocycles. The third-order valence-corrected chi connectivity index (χ3v) is 5.80. The molecule has 31 heavy (non-hydrogen) atoms. The number of benzene rings is 1.